The lowest BCUT2D eigenvalue weighted by Crippen LogP contribution is -2.55. The predicted molar refractivity (Wildman–Crippen MR) is 173 cm³/mol. The van der Waals surface area contributed by atoms with Gasteiger partial charge in [0, 0.05) is 39.7 Å². The molecule has 3 aromatic carbocycles. The number of carbonyl (C=O) groups excluding carboxylic acids is 2. The molecule has 47 heavy (non-hydrogen) atoms. The molecular weight excluding hydrogens is 651 g/mol. The Morgan fingerprint density at radius 2 is 1.81 bits per heavy atom. The lowest BCUT2D eigenvalue weighted by atomic mass is 9.77. The summed E-state index contributed by atoms with van der Waals surface area (Å²) in [4.78, 5) is 29.5. The van der Waals surface area contributed by atoms with E-state index in [4.69, 9.17) is 41.8 Å². The fraction of sp³-hybridized carbons (Fsp3) is 0.294. The van der Waals surface area contributed by atoms with Crippen LogP contribution in [-0.2, 0) is 17.9 Å². The Morgan fingerprint density at radius 1 is 1.02 bits per heavy atom. The lowest BCUT2D eigenvalue weighted by molar-refractivity contribution is -0.118. The van der Waals surface area contributed by atoms with Gasteiger partial charge in [-0.05, 0) is 53.6 Å². The van der Waals surface area contributed by atoms with Gasteiger partial charge in [-0.2, -0.15) is 0 Å². The fourth-order valence-corrected chi connectivity index (χ4v) is 6.68. The summed E-state index contributed by atoms with van der Waals surface area (Å²) < 4.78 is 23.3. The highest BCUT2D eigenvalue weighted by Gasteiger charge is 2.51. The van der Waals surface area contributed by atoms with Crippen molar-refractivity contribution in [1.82, 2.24) is 10.2 Å². The average Bonchev–Trinajstić information content (AvgIpc) is 3.69. The van der Waals surface area contributed by atoms with Crippen LogP contribution in [0.4, 0.5) is 0 Å². The zero-order valence-electron chi connectivity index (χ0n) is 25.4. The summed E-state index contributed by atoms with van der Waals surface area (Å²) in [5.41, 5.74) is 2.14. The molecule has 1 aliphatic heterocycles. The molecule has 2 heterocycles. The Kier molecular flexibility index (Phi) is 9.36. The number of amides is 2. The van der Waals surface area contributed by atoms with Crippen LogP contribution in [0.1, 0.15) is 33.2 Å². The van der Waals surface area contributed by atoms with Crippen LogP contribution >= 0.6 is 23.2 Å². The molecule has 0 radical (unpaired) electrons. The van der Waals surface area contributed by atoms with E-state index in [1.807, 2.05) is 0 Å². The van der Waals surface area contributed by atoms with Gasteiger partial charge in [0.2, 0.25) is 5.91 Å². The van der Waals surface area contributed by atoms with E-state index in [0.29, 0.717) is 55.0 Å². The summed E-state index contributed by atoms with van der Waals surface area (Å²) in [5, 5.41) is 35.4. The molecular formula is C34H32Cl2N2O9. The molecule has 1 aromatic heterocycles. The van der Waals surface area contributed by atoms with Crippen LogP contribution in [0, 0.1) is 0 Å². The Bertz CT molecular complexity index is 1870. The summed E-state index contributed by atoms with van der Waals surface area (Å²) in [6.07, 6.45) is -0.873. The number of nitrogens with one attached hydrogen (secondary N) is 1. The molecule has 4 N–H and O–H groups in total. The first kappa shape index (κ1) is 32.7. The van der Waals surface area contributed by atoms with Gasteiger partial charge in [0.05, 0.1) is 39.4 Å². The van der Waals surface area contributed by atoms with Gasteiger partial charge in [-0.3, -0.25) is 9.59 Å². The van der Waals surface area contributed by atoms with E-state index in [1.54, 1.807) is 54.6 Å². The predicted octanol–water partition coefficient (Wildman–Crippen LogP) is 4.21. The van der Waals surface area contributed by atoms with Crippen LogP contribution in [0.5, 0.6) is 17.2 Å². The van der Waals surface area contributed by atoms with Crippen molar-refractivity contribution in [3.05, 3.63) is 98.7 Å². The topological polar surface area (TPSA) is 151 Å². The van der Waals surface area contributed by atoms with E-state index in [1.165, 1.54) is 25.2 Å². The van der Waals surface area contributed by atoms with Crippen LogP contribution in [0.25, 0.3) is 11.0 Å². The molecule has 2 aliphatic rings. The first-order chi connectivity index (χ1) is 22.7. The second kappa shape index (κ2) is 13.5. The molecule has 6 rings (SSSR count). The summed E-state index contributed by atoms with van der Waals surface area (Å²) in [5.74, 6) is -0.888. The highest BCUT2D eigenvalue weighted by Crippen LogP contribution is 2.51. The Morgan fingerprint density at radius 3 is 2.51 bits per heavy atom. The van der Waals surface area contributed by atoms with Crippen molar-refractivity contribution in [3.63, 3.8) is 0 Å². The number of rotatable bonds is 10. The fourth-order valence-electron chi connectivity index (χ4n) is 6.21. The van der Waals surface area contributed by atoms with Crippen molar-refractivity contribution in [2.24, 2.45) is 0 Å². The van der Waals surface area contributed by atoms with E-state index in [2.05, 4.69) is 5.32 Å². The quantitative estimate of drug-likeness (QED) is 0.193. The Balaban J connectivity index is 1.49. The monoisotopic (exact) mass is 682 g/mol. The van der Waals surface area contributed by atoms with Crippen molar-refractivity contribution in [3.8, 4) is 17.2 Å². The summed E-state index contributed by atoms with van der Waals surface area (Å²) >= 11 is 12.7. The van der Waals surface area contributed by atoms with Crippen molar-refractivity contribution in [2.75, 3.05) is 27.4 Å². The van der Waals surface area contributed by atoms with Gasteiger partial charge < -0.3 is 44.2 Å². The van der Waals surface area contributed by atoms with Crippen LogP contribution < -0.4 is 19.5 Å². The number of hydrogen-bond donors (Lipinski definition) is 4. The normalized spacial score (nSPS) is 19.8. The molecule has 0 fully saturated rings. The van der Waals surface area contributed by atoms with Crippen LogP contribution in [-0.4, -0.2) is 77.7 Å². The molecule has 13 heteroatoms. The minimum atomic E-state index is -1.36. The third kappa shape index (κ3) is 6.01. The van der Waals surface area contributed by atoms with Crippen molar-refractivity contribution in [1.29, 1.82) is 0 Å². The van der Waals surface area contributed by atoms with Gasteiger partial charge >= 0.3 is 0 Å². The summed E-state index contributed by atoms with van der Waals surface area (Å²) in [7, 11) is 2.94. The maximum atomic E-state index is 14.4. The number of hydrogen-bond acceptors (Lipinski definition) is 9. The molecule has 0 bridgehead atoms. The molecule has 246 valence electrons. The van der Waals surface area contributed by atoms with E-state index >= 15 is 0 Å². The number of nitrogens with zero attached hydrogens (tertiary/aromatic N) is 1. The van der Waals surface area contributed by atoms with Gasteiger partial charge in [0.15, 0.2) is 28.6 Å². The number of halogens is 2. The molecule has 0 saturated carbocycles. The summed E-state index contributed by atoms with van der Waals surface area (Å²) in [6, 6.07) is 13.9. The summed E-state index contributed by atoms with van der Waals surface area (Å²) in [6.45, 7) is -0.730. The number of furan rings is 1. The molecule has 4 atom stereocenters. The second-order valence-corrected chi connectivity index (χ2v) is 12.0. The number of para-hydroxylation sites is 1. The SMILES string of the molecule is COc1cc(CO)cc2c1O[C@@H]1[C@@H](O)[C@H](N(Cc3ccc(Cl)cc3Cl)C(=O)c3cc4cccc(OC)c4o3)C=C(C(=O)NCCO)[C@H]21. The number of benzene rings is 3. The standard InChI is InChI=1S/C34H32Cl2N2O9/c1-44-25-5-3-4-18-12-27(46-30(18)25)34(43)38(15-19-6-7-20(35)13-23(19)36)24-14-22(33(42)37-8-9-39)28-21-10-17(16-40)11-26(45-2)31(21)47-32(28)29(24)41/h3-7,10-14,24,28-29,32,39-41H,8-9,15-16H2,1-2H3,(H,37,42)/t24-,28+,29+,32+/m1/s1. The van der Waals surface area contributed by atoms with Gasteiger partial charge in [0.1, 0.15) is 12.2 Å². The third-order valence-corrected chi connectivity index (χ3v) is 9.00. The highest BCUT2D eigenvalue weighted by atomic mass is 35.5. The molecule has 1 aliphatic carbocycles. The number of carbonyl (C=O) groups is 2. The van der Waals surface area contributed by atoms with E-state index in [0.717, 1.165) is 0 Å². The molecule has 11 nitrogen and oxygen atoms in total. The van der Waals surface area contributed by atoms with Gasteiger partial charge in [-0.25, -0.2) is 0 Å². The minimum absolute atomic E-state index is 0.0294. The second-order valence-electron chi connectivity index (χ2n) is 11.2. The number of methoxy groups -OCH3 is 2. The number of fused-ring (bicyclic) bond motifs is 4. The van der Waals surface area contributed by atoms with E-state index in [9.17, 15) is 24.9 Å². The largest absolute Gasteiger partial charge is 0.493 e. The zero-order valence-corrected chi connectivity index (χ0v) is 26.9. The molecule has 0 spiro atoms. The number of aliphatic hydroxyl groups excluding tert-OH is 3. The Labute approximate surface area is 279 Å². The van der Waals surface area contributed by atoms with Crippen molar-refractivity contribution >= 4 is 46.0 Å². The first-order valence-corrected chi connectivity index (χ1v) is 15.5. The molecule has 0 saturated heterocycles. The van der Waals surface area contributed by atoms with Gasteiger partial charge in [0.25, 0.3) is 5.91 Å². The number of ether oxygens (including phenoxy) is 3. The minimum Gasteiger partial charge on any atom is -0.493 e. The average molecular weight is 684 g/mol. The number of aliphatic hydroxyl groups is 3. The van der Waals surface area contributed by atoms with Gasteiger partial charge in [-0.15, -0.1) is 0 Å². The van der Waals surface area contributed by atoms with Crippen molar-refractivity contribution < 1.29 is 43.5 Å². The van der Waals surface area contributed by atoms with Crippen LogP contribution in [0.2, 0.25) is 10.0 Å². The third-order valence-electron chi connectivity index (χ3n) is 8.41. The molecule has 2 amide bonds. The zero-order chi connectivity index (χ0) is 33.4. The molecule has 4 aromatic rings. The maximum Gasteiger partial charge on any atom is 0.290 e. The van der Waals surface area contributed by atoms with Crippen LogP contribution in [0.15, 0.2) is 70.7 Å². The lowest BCUT2D eigenvalue weighted by Gasteiger charge is -2.40. The van der Waals surface area contributed by atoms with Gasteiger partial charge in [-0.1, -0.05) is 41.4 Å². The van der Waals surface area contributed by atoms with E-state index in [-0.39, 0.29) is 37.6 Å². The first-order valence-electron chi connectivity index (χ1n) is 14.8. The van der Waals surface area contributed by atoms with Crippen molar-refractivity contribution in [2.45, 2.75) is 37.3 Å². The molecule has 0 unspecified atom stereocenters. The van der Waals surface area contributed by atoms with Crippen LogP contribution in [0.3, 0.4) is 0 Å². The maximum absolute atomic E-state index is 14.4. The highest BCUT2D eigenvalue weighted by molar-refractivity contribution is 6.35. The Hall–Kier alpha value is -4.26. The van der Waals surface area contributed by atoms with E-state index < -0.39 is 36.0 Å². The smallest absolute Gasteiger partial charge is 0.290 e.